The Morgan fingerprint density at radius 1 is 1.10 bits per heavy atom. The van der Waals surface area contributed by atoms with Gasteiger partial charge >= 0.3 is 6.09 Å². The van der Waals surface area contributed by atoms with E-state index in [4.69, 9.17) is 31.5 Å². The maximum atomic E-state index is 13.2. The van der Waals surface area contributed by atoms with Gasteiger partial charge in [0.25, 0.3) is 11.8 Å². The number of rotatable bonds is 6. The molecular weight excluding hydrogens is 654 g/mol. The molecule has 1 aliphatic heterocycles. The van der Waals surface area contributed by atoms with Crippen molar-refractivity contribution < 1.29 is 43.9 Å². The SMILES string of the molecule is CO[C@H]1C=CC=C(C)C(=O)Nc2cc(O)c(NC(=O)c3ccc(CCl)cc3)c(c2O)C=C(C)C[C@H](OC)[C@H](O)[C@@H](C)C=C(C)[C@@H]1OC(N)=O. The van der Waals surface area contributed by atoms with Gasteiger partial charge in [0.2, 0.25) is 0 Å². The lowest BCUT2D eigenvalue weighted by Crippen LogP contribution is -2.36. The number of alkyl halides is 1. The van der Waals surface area contributed by atoms with Crippen LogP contribution >= 0.6 is 11.6 Å². The van der Waals surface area contributed by atoms with Crippen LogP contribution in [0.2, 0.25) is 0 Å². The number of hydrogen-bond donors (Lipinski definition) is 6. The molecule has 0 aliphatic carbocycles. The van der Waals surface area contributed by atoms with Crippen LogP contribution in [0.25, 0.3) is 6.08 Å². The number of allylic oxidation sites excluding steroid dienone is 2. The highest BCUT2D eigenvalue weighted by Crippen LogP contribution is 2.42. The largest absolute Gasteiger partial charge is 0.506 e. The Kier molecular flexibility index (Phi) is 14.0. The first-order valence-corrected chi connectivity index (χ1v) is 16.0. The summed E-state index contributed by atoms with van der Waals surface area (Å²) in [6.45, 7) is 6.74. The Labute approximate surface area is 290 Å². The van der Waals surface area contributed by atoms with Crippen molar-refractivity contribution in [2.75, 3.05) is 24.9 Å². The van der Waals surface area contributed by atoms with E-state index in [1.165, 1.54) is 39.4 Å². The van der Waals surface area contributed by atoms with Crippen LogP contribution in [0.5, 0.6) is 11.5 Å². The van der Waals surface area contributed by atoms with E-state index in [2.05, 4.69) is 10.6 Å². The number of nitrogens with one attached hydrogen (secondary N) is 2. The molecule has 0 radical (unpaired) electrons. The molecule has 7 N–H and O–H groups in total. The van der Waals surface area contributed by atoms with Crippen molar-refractivity contribution in [2.24, 2.45) is 11.7 Å². The molecule has 0 aromatic heterocycles. The predicted octanol–water partition coefficient (Wildman–Crippen LogP) is 5.77. The van der Waals surface area contributed by atoms with Crippen molar-refractivity contribution in [3.8, 4) is 11.5 Å². The van der Waals surface area contributed by atoms with Crippen LogP contribution in [0.1, 0.15) is 55.6 Å². The van der Waals surface area contributed by atoms with Gasteiger partial charge in [-0.05, 0) is 56.5 Å². The van der Waals surface area contributed by atoms with Gasteiger partial charge < -0.3 is 45.9 Å². The number of ether oxygens (including phenoxy) is 3. The van der Waals surface area contributed by atoms with E-state index < -0.39 is 59.7 Å². The predicted molar refractivity (Wildman–Crippen MR) is 188 cm³/mol. The smallest absolute Gasteiger partial charge is 0.405 e. The summed E-state index contributed by atoms with van der Waals surface area (Å²) in [4.78, 5) is 38.2. The first-order chi connectivity index (χ1) is 23.2. The van der Waals surface area contributed by atoms with Gasteiger partial charge in [-0.25, -0.2) is 4.79 Å². The number of phenolic OH excluding ortho intramolecular Hbond substituents is 2. The second kappa shape index (κ2) is 17.7. The topological polar surface area (TPSA) is 190 Å². The highest BCUT2D eigenvalue weighted by Gasteiger charge is 2.29. The van der Waals surface area contributed by atoms with Gasteiger partial charge in [0.05, 0.1) is 23.6 Å². The number of nitrogens with two attached hydrogens (primary N) is 1. The van der Waals surface area contributed by atoms with Gasteiger partial charge in [0, 0.05) is 48.8 Å². The molecule has 1 aliphatic rings. The number of benzene rings is 2. The number of methoxy groups -OCH3 is 2. The molecule has 2 bridgehead atoms. The third-order valence-corrected chi connectivity index (χ3v) is 8.41. The van der Waals surface area contributed by atoms with E-state index in [0.717, 1.165) is 11.6 Å². The Hall–Kier alpha value is -4.62. The van der Waals surface area contributed by atoms with Gasteiger partial charge in [0.1, 0.15) is 17.6 Å². The standard InChI is InChI=1S/C36H44ClN3O9/c1-19-14-25-30(40-35(45)24-12-10-23(18-37)11-13-24)27(41)17-26(32(25)43)39-34(44)20(2)8-7-9-28(47-5)33(49-36(38)46)22(4)16-21(3)31(42)29(15-19)48-6/h7-14,16-17,21,28-29,31,33,41-43H,15,18H2,1-6H3,(H2,38,46)(H,39,44)(H,40,45)/t21-,28-,29-,31+,33-/m0/s1. The second-order valence-corrected chi connectivity index (χ2v) is 12.1. The number of primary amides is 1. The third-order valence-electron chi connectivity index (χ3n) is 8.10. The quantitative estimate of drug-likeness (QED) is 0.0941. The van der Waals surface area contributed by atoms with Crippen molar-refractivity contribution >= 4 is 47.0 Å². The molecule has 12 nitrogen and oxygen atoms in total. The zero-order valence-corrected chi connectivity index (χ0v) is 29.1. The molecule has 1 heterocycles. The highest BCUT2D eigenvalue weighted by molar-refractivity contribution is 6.17. The molecule has 0 fully saturated rings. The molecule has 13 heteroatoms. The Bertz CT molecular complexity index is 1650. The van der Waals surface area contributed by atoms with Gasteiger partial charge in [-0.3, -0.25) is 9.59 Å². The van der Waals surface area contributed by atoms with E-state index in [0.29, 0.717) is 11.1 Å². The fraction of sp³-hybridized carbons (Fsp3) is 0.361. The summed E-state index contributed by atoms with van der Waals surface area (Å²) in [5.74, 6) is -2.26. The van der Waals surface area contributed by atoms with E-state index in [-0.39, 0.29) is 40.4 Å². The minimum atomic E-state index is -1.05. The minimum absolute atomic E-state index is 0.0143. The summed E-state index contributed by atoms with van der Waals surface area (Å²) in [5.41, 5.74) is 7.60. The third kappa shape index (κ3) is 10.2. The Balaban J connectivity index is 2.17. The van der Waals surface area contributed by atoms with Crippen molar-refractivity contribution in [3.63, 3.8) is 0 Å². The molecule has 49 heavy (non-hydrogen) atoms. The zero-order valence-electron chi connectivity index (χ0n) is 28.3. The Morgan fingerprint density at radius 2 is 1.78 bits per heavy atom. The molecule has 2 aromatic rings. The van der Waals surface area contributed by atoms with Crippen LogP contribution < -0.4 is 16.4 Å². The summed E-state index contributed by atoms with van der Waals surface area (Å²) in [6.07, 6.45) is 3.42. The van der Waals surface area contributed by atoms with Crippen molar-refractivity contribution in [1.82, 2.24) is 0 Å². The Morgan fingerprint density at radius 3 is 2.37 bits per heavy atom. The molecule has 0 unspecified atom stereocenters. The van der Waals surface area contributed by atoms with Crippen molar-refractivity contribution in [1.29, 1.82) is 0 Å². The van der Waals surface area contributed by atoms with E-state index in [1.54, 1.807) is 57.2 Å². The fourth-order valence-electron chi connectivity index (χ4n) is 5.34. The number of carbonyl (C=O) groups is 3. The van der Waals surface area contributed by atoms with Crippen LogP contribution in [-0.4, -0.2) is 71.9 Å². The highest BCUT2D eigenvalue weighted by atomic mass is 35.5. The average molecular weight is 698 g/mol. The fourth-order valence-corrected chi connectivity index (χ4v) is 5.52. The first-order valence-electron chi connectivity index (χ1n) is 15.5. The number of carbonyl (C=O) groups excluding carboxylic acids is 3. The van der Waals surface area contributed by atoms with Crippen LogP contribution in [0, 0.1) is 5.92 Å². The summed E-state index contributed by atoms with van der Waals surface area (Å²) in [7, 11) is 2.86. The number of aromatic hydroxyl groups is 2. The second-order valence-electron chi connectivity index (χ2n) is 11.8. The molecular formula is C36H44ClN3O9. The van der Waals surface area contributed by atoms with Crippen molar-refractivity contribution in [2.45, 2.75) is 64.4 Å². The van der Waals surface area contributed by atoms with E-state index in [1.807, 2.05) is 0 Å². The average Bonchev–Trinajstić information content (AvgIpc) is 3.07. The maximum Gasteiger partial charge on any atom is 0.405 e. The monoisotopic (exact) mass is 697 g/mol. The minimum Gasteiger partial charge on any atom is -0.506 e. The molecule has 0 saturated carbocycles. The lowest BCUT2D eigenvalue weighted by Gasteiger charge is -2.28. The number of amides is 3. The number of hydrogen-bond acceptors (Lipinski definition) is 9. The van der Waals surface area contributed by atoms with Gasteiger partial charge in [-0.15, -0.1) is 11.6 Å². The van der Waals surface area contributed by atoms with E-state index >= 15 is 0 Å². The normalized spacial score (nSPS) is 22.3. The van der Waals surface area contributed by atoms with Crippen LogP contribution in [0.15, 0.2) is 71.4 Å². The maximum absolute atomic E-state index is 13.2. The van der Waals surface area contributed by atoms with Gasteiger partial charge in [-0.2, -0.15) is 0 Å². The number of fused-ring (bicyclic) bond motifs is 2. The number of aliphatic hydroxyl groups excluding tert-OH is 1. The molecule has 0 spiro atoms. The summed E-state index contributed by atoms with van der Waals surface area (Å²) in [5, 5.41) is 39.2. The van der Waals surface area contributed by atoms with Gasteiger partial charge in [-0.1, -0.05) is 48.9 Å². The summed E-state index contributed by atoms with van der Waals surface area (Å²) < 4.78 is 16.6. The molecule has 264 valence electrons. The molecule has 3 amide bonds. The molecule has 3 rings (SSSR count). The summed E-state index contributed by atoms with van der Waals surface area (Å²) in [6, 6.07) is 7.69. The molecule has 2 aromatic carbocycles. The van der Waals surface area contributed by atoms with Crippen LogP contribution in [0.4, 0.5) is 16.2 Å². The van der Waals surface area contributed by atoms with Crippen LogP contribution in [0.3, 0.4) is 0 Å². The molecule has 5 atom stereocenters. The molecule has 0 saturated heterocycles. The first kappa shape index (κ1) is 38.8. The van der Waals surface area contributed by atoms with E-state index in [9.17, 15) is 29.7 Å². The zero-order chi connectivity index (χ0) is 36.4. The number of anilines is 2. The van der Waals surface area contributed by atoms with Gasteiger partial charge in [0.15, 0.2) is 6.10 Å². The van der Waals surface area contributed by atoms with Crippen molar-refractivity contribution in [3.05, 3.63) is 88.0 Å². The summed E-state index contributed by atoms with van der Waals surface area (Å²) >= 11 is 5.88. The number of halogens is 1. The van der Waals surface area contributed by atoms with Crippen LogP contribution in [-0.2, 0) is 24.9 Å². The lowest BCUT2D eigenvalue weighted by atomic mass is 9.91. The lowest BCUT2D eigenvalue weighted by molar-refractivity contribution is -0.112. The number of phenols is 2. The number of aliphatic hydroxyl groups is 1.